The fourth-order valence-corrected chi connectivity index (χ4v) is 6.50. The summed E-state index contributed by atoms with van der Waals surface area (Å²) in [6.45, 7) is 0. The van der Waals surface area contributed by atoms with Crippen LogP contribution in [0.3, 0.4) is 0 Å². The molecule has 0 unspecified atom stereocenters. The highest BCUT2D eigenvalue weighted by Gasteiger charge is 2.18. The first-order chi connectivity index (χ1) is 22.8. The Bertz CT molecular complexity index is 2610. The van der Waals surface area contributed by atoms with Gasteiger partial charge < -0.3 is 4.42 Å². The molecule has 0 saturated heterocycles. The predicted molar refractivity (Wildman–Crippen MR) is 192 cm³/mol. The van der Waals surface area contributed by atoms with Gasteiger partial charge in [-0.05, 0) is 45.3 Å². The first-order valence-electron chi connectivity index (χ1n) is 15.4. The highest BCUT2D eigenvalue weighted by Crippen LogP contribution is 2.39. The van der Waals surface area contributed by atoms with E-state index in [1.165, 1.54) is 10.8 Å². The summed E-state index contributed by atoms with van der Waals surface area (Å²) in [4.78, 5) is 10.4. The maximum atomic E-state index is 6.45. The van der Waals surface area contributed by atoms with Crippen LogP contribution < -0.4 is 0 Å². The summed E-state index contributed by atoms with van der Waals surface area (Å²) in [5, 5.41) is 6.78. The van der Waals surface area contributed by atoms with Crippen LogP contribution in [0.15, 0.2) is 178 Å². The number of furan rings is 1. The number of para-hydroxylation sites is 2. The Hall–Kier alpha value is -6.28. The Morgan fingerprint density at radius 3 is 2.02 bits per heavy atom. The lowest BCUT2D eigenvalue weighted by Crippen LogP contribution is -2.05. The number of hydrogen-bond donors (Lipinski definition) is 0. The molecule has 7 aromatic carbocycles. The Kier molecular flexibility index (Phi) is 6.09. The lowest BCUT2D eigenvalue weighted by molar-refractivity contribution is 0.670. The molecule has 0 radical (unpaired) electrons. The molecule has 0 spiro atoms. The van der Waals surface area contributed by atoms with Crippen molar-refractivity contribution in [2.75, 3.05) is 0 Å². The molecule has 1 aromatic heterocycles. The van der Waals surface area contributed by atoms with E-state index in [1.807, 2.05) is 36.4 Å². The monoisotopic (exact) mass is 586 g/mol. The van der Waals surface area contributed by atoms with E-state index in [2.05, 4.69) is 127 Å². The standard InChI is InChI=1S/C43H26N2O/c1-2-12-29(13-3-1)39-25-26-40(31-22-21-28-11-4-5-14-30(28)27-31)45-43(44-39)38-24-23-34(32-15-6-7-16-33(32)38)36-18-10-19-37-35-17-8-9-20-41(35)46-42(36)37/h1-24,26-27H. The number of hydrogen-bond acceptors (Lipinski definition) is 3. The average molecular weight is 587 g/mol. The molecule has 0 bridgehead atoms. The van der Waals surface area contributed by atoms with Crippen molar-refractivity contribution < 1.29 is 4.42 Å². The third-order valence-corrected chi connectivity index (χ3v) is 8.74. The molecule has 0 saturated carbocycles. The number of fused-ring (bicyclic) bond motifs is 5. The van der Waals surface area contributed by atoms with Crippen molar-refractivity contribution in [2.45, 2.75) is 0 Å². The molecule has 2 heterocycles. The maximum Gasteiger partial charge on any atom is 0.161 e. The second-order valence-corrected chi connectivity index (χ2v) is 11.5. The molecule has 3 nitrogen and oxygen atoms in total. The van der Waals surface area contributed by atoms with Crippen LogP contribution in [0.2, 0.25) is 0 Å². The predicted octanol–water partition coefficient (Wildman–Crippen LogP) is 11.0. The lowest BCUT2D eigenvalue weighted by atomic mass is 9.93. The molecule has 0 fully saturated rings. The minimum atomic E-state index is 0.646. The number of amidine groups is 1. The minimum absolute atomic E-state index is 0.646. The van der Waals surface area contributed by atoms with Gasteiger partial charge in [-0.2, -0.15) is 0 Å². The minimum Gasteiger partial charge on any atom is -0.455 e. The third kappa shape index (κ3) is 4.38. The largest absolute Gasteiger partial charge is 0.455 e. The third-order valence-electron chi connectivity index (χ3n) is 8.74. The van der Waals surface area contributed by atoms with Crippen LogP contribution in [-0.4, -0.2) is 11.5 Å². The first-order valence-corrected chi connectivity index (χ1v) is 15.4. The van der Waals surface area contributed by atoms with Crippen LogP contribution in [0, 0.1) is 0 Å². The van der Waals surface area contributed by atoms with E-state index in [9.17, 15) is 0 Å². The highest BCUT2D eigenvalue weighted by atomic mass is 16.3. The molecule has 0 amide bonds. The van der Waals surface area contributed by atoms with Gasteiger partial charge in [0.15, 0.2) is 5.84 Å². The van der Waals surface area contributed by atoms with Crippen LogP contribution in [0.25, 0.3) is 60.3 Å². The fourth-order valence-electron chi connectivity index (χ4n) is 6.50. The quantitative estimate of drug-likeness (QED) is 0.189. The van der Waals surface area contributed by atoms with Crippen LogP contribution in [0.4, 0.5) is 0 Å². The molecule has 0 atom stereocenters. The van der Waals surface area contributed by atoms with E-state index in [0.29, 0.717) is 5.84 Å². The molecule has 1 aliphatic heterocycles. The molecule has 214 valence electrons. The van der Waals surface area contributed by atoms with E-state index in [-0.39, 0.29) is 0 Å². The van der Waals surface area contributed by atoms with Crippen LogP contribution >= 0.6 is 0 Å². The van der Waals surface area contributed by atoms with Crippen molar-refractivity contribution in [3.63, 3.8) is 0 Å². The number of rotatable bonds is 4. The summed E-state index contributed by atoms with van der Waals surface area (Å²) in [7, 11) is 0. The van der Waals surface area contributed by atoms with E-state index in [1.54, 1.807) is 0 Å². The smallest absolute Gasteiger partial charge is 0.161 e. The van der Waals surface area contributed by atoms with E-state index < -0.39 is 0 Å². The number of aliphatic imine (C=N–C) groups is 2. The van der Waals surface area contributed by atoms with Crippen molar-refractivity contribution in [1.29, 1.82) is 0 Å². The van der Waals surface area contributed by atoms with Crippen LogP contribution in [0.1, 0.15) is 16.7 Å². The number of nitrogens with zero attached hydrogens (tertiary/aromatic N) is 2. The van der Waals surface area contributed by atoms with Crippen molar-refractivity contribution in [2.24, 2.45) is 9.98 Å². The van der Waals surface area contributed by atoms with Crippen molar-refractivity contribution in [3.05, 3.63) is 180 Å². The summed E-state index contributed by atoms with van der Waals surface area (Å²) in [6, 6.07) is 52.5. The normalized spacial score (nSPS) is 13.2. The zero-order valence-electron chi connectivity index (χ0n) is 24.8. The summed E-state index contributed by atoms with van der Waals surface area (Å²) in [6.07, 6.45) is 1.96. The average Bonchev–Trinajstić information content (AvgIpc) is 3.36. The van der Waals surface area contributed by atoms with Gasteiger partial charge in [0.25, 0.3) is 0 Å². The van der Waals surface area contributed by atoms with Crippen LogP contribution in [-0.2, 0) is 0 Å². The molecular weight excluding hydrogens is 560 g/mol. The second-order valence-electron chi connectivity index (χ2n) is 11.5. The van der Waals surface area contributed by atoms with Gasteiger partial charge in [0.2, 0.25) is 0 Å². The van der Waals surface area contributed by atoms with E-state index >= 15 is 0 Å². The highest BCUT2D eigenvalue weighted by molar-refractivity contribution is 6.23. The van der Waals surface area contributed by atoms with Gasteiger partial charge in [-0.3, -0.25) is 0 Å². The number of benzene rings is 7. The Morgan fingerprint density at radius 2 is 1.15 bits per heavy atom. The fraction of sp³-hybridized carbons (Fsp3) is 0. The zero-order chi connectivity index (χ0) is 30.5. The Balaban J connectivity index is 1.26. The van der Waals surface area contributed by atoms with Crippen LogP contribution in [0.5, 0.6) is 0 Å². The first kappa shape index (κ1) is 26.2. The lowest BCUT2D eigenvalue weighted by Gasteiger charge is -2.13. The van der Waals surface area contributed by atoms with Crippen molar-refractivity contribution >= 4 is 60.7 Å². The maximum absolute atomic E-state index is 6.45. The van der Waals surface area contributed by atoms with Gasteiger partial charge in [-0.25, -0.2) is 9.98 Å². The summed E-state index contributed by atoms with van der Waals surface area (Å²) < 4.78 is 6.45. The summed E-state index contributed by atoms with van der Waals surface area (Å²) in [5.41, 5.74) is 12.0. The molecular formula is C43H26N2O. The Morgan fingerprint density at radius 1 is 0.457 bits per heavy atom. The van der Waals surface area contributed by atoms with E-state index in [4.69, 9.17) is 14.4 Å². The topological polar surface area (TPSA) is 37.9 Å². The molecule has 0 aliphatic carbocycles. The van der Waals surface area contributed by atoms with Gasteiger partial charge >= 0.3 is 0 Å². The van der Waals surface area contributed by atoms with Crippen molar-refractivity contribution in [3.8, 4) is 11.1 Å². The van der Waals surface area contributed by atoms with Gasteiger partial charge in [-0.1, -0.05) is 139 Å². The molecule has 9 rings (SSSR count). The van der Waals surface area contributed by atoms with Crippen molar-refractivity contribution in [1.82, 2.24) is 0 Å². The zero-order valence-corrected chi connectivity index (χ0v) is 24.8. The van der Waals surface area contributed by atoms with Gasteiger partial charge in [0, 0.05) is 39.1 Å². The molecule has 46 heavy (non-hydrogen) atoms. The second kappa shape index (κ2) is 10.7. The Labute approximate surface area is 265 Å². The SMILES string of the molecule is C1=CC(c2ccc3ccccc3c2)=NC(c2ccc(-c3cccc4c3oc3ccccc34)c3ccccc23)=NC=1c1ccccc1. The molecule has 3 heteroatoms. The van der Waals surface area contributed by atoms with E-state index in [0.717, 1.165) is 71.9 Å². The molecule has 1 aliphatic rings. The van der Waals surface area contributed by atoms with Gasteiger partial charge in [-0.15, -0.1) is 0 Å². The summed E-state index contributed by atoms with van der Waals surface area (Å²) in [5.74, 6) is 0.646. The van der Waals surface area contributed by atoms with Gasteiger partial charge in [0.1, 0.15) is 16.9 Å². The van der Waals surface area contributed by atoms with Gasteiger partial charge in [0.05, 0.1) is 5.71 Å². The number of allylic oxidation sites excluding steroid dienone is 1. The molecule has 0 N–H and O–H groups in total. The summed E-state index contributed by atoms with van der Waals surface area (Å²) >= 11 is 0. The molecule has 8 aromatic rings.